The highest BCUT2D eigenvalue weighted by Gasteiger charge is 2.09. The van der Waals surface area contributed by atoms with E-state index in [2.05, 4.69) is 59.2 Å². The van der Waals surface area contributed by atoms with Crippen molar-refractivity contribution in [1.29, 1.82) is 0 Å². The molecule has 0 saturated heterocycles. The predicted molar refractivity (Wildman–Crippen MR) is 96.4 cm³/mol. The standard InChI is InChI=1S/C18H14FIS/c1-12-2-7-16(20)10-14(12)11-18-17(8-9-21-18)13-3-5-15(19)6-4-13/h2-10H,11H2,1H3. The Hall–Kier alpha value is -1.20. The second kappa shape index (κ2) is 6.28. The largest absolute Gasteiger partial charge is 0.207 e. The van der Waals surface area contributed by atoms with Crippen LogP contribution in [-0.2, 0) is 6.42 Å². The van der Waals surface area contributed by atoms with Crippen LogP contribution in [-0.4, -0.2) is 0 Å². The van der Waals surface area contributed by atoms with Gasteiger partial charge in [0.25, 0.3) is 0 Å². The number of aryl methyl sites for hydroxylation is 1. The molecule has 0 saturated carbocycles. The van der Waals surface area contributed by atoms with Crippen molar-refractivity contribution in [2.45, 2.75) is 13.3 Å². The quantitative estimate of drug-likeness (QED) is 0.463. The van der Waals surface area contributed by atoms with E-state index in [-0.39, 0.29) is 5.82 Å². The summed E-state index contributed by atoms with van der Waals surface area (Å²) >= 11 is 4.11. The molecular weight excluding hydrogens is 394 g/mol. The van der Waals surface area contributed by atoms with E-state index >= 15 is 0 Å². The summed E-state index contributed by atoms with van der Waals surface area (Å²) in [6.07, 6.45) is 0.924. The molecular formula is C18H14FIS. The van der Waals surface area contributed by atoms with Gasteiger partial charge in [-0.05, 0) is 87.5 Å². The molecule has 0 amide bonds. The second-order valence-corrected chi connectivity index (χ2v) is 7.26. The number of rotatable bonds is 3. The summed E-state index contributed by atoms with van der Waals surface area (Å²) in [5.41, 5.74) is 4.95. The first kappa shape index (κ1) is 14.7. The Labute approximate surface area is 141 Å². The Morgan fingerprint density at radius 3 is 2.57 bits per heavy atom. The molecule has 3 aromatic rings. The van der Waals surface area contributed by atoms with E-state index in [0.29, 0.717) is 0 Å². The summed E-state index contributed by atoms with van der Waals surface area (Å²) in [6, 6.07) is 15.4. The maximum absolute atomic E-state index is 13.1. The van der Waals surface area contributed by atoms with Crippen LogP contribution in [0.2, 0.25) is 0 Å². The Kier molecular flexibility index (Phi) is 4.40. The topological polar surface area (TPSA) is 0 Å². The summed E-state index contributed by atoms with van der Waals surface area (Å²) < 4.78 is 14.3. The normalized spacial score (nSPS) is 10.8. The number of hydrogen-bond donors (Lipinski definition) is 0. The molecule has 2 aromatic carbocycles. The average molecular weight is 408 g/mol. The lowest BCUT2D eigenvalue weighted by Gasteiger charge is -2.08. The Morgan fingerprint density at radius 2 is 1.81 bits per heavy atom. The van der Waals surface area contributed by atoms with Gasteiger partial charge in [-0.2, -0.15) is 0 Å². The van der Waals surface area contributed by atoms with E-state index in [1.165, 1.54) is 37.3 Å². The van der Waals surface area contributed by atoms with Crippen LogP contribution in [0.25, 0.3) is 11.1 Å². The second-order valence-electron chi connectivity index (χ2n) is 5.01. The van der Waals surface area contributed by atoms with Gasteiger partial charge in [0.05, 0.1) is 0 Å². The molecule has 21 heavy (non-hydrogen) atoms. The lowest BCUT2D eigenvalue weighted by molar-refractivity contribution is 0.628. The molecule has 0 bridgehead atoms. The van der Waals surface area contributed by atoms with Crippen LogP contribution in [0.1, 0.15) is 16.0 Å². The maximum Gasteiger partial charge on any atom is 0.123 e. The molecule has 0 N–H and O–H groups in total. The first-order valence-electron chi connectivity index (χ1n) is 6.71. The molecule has 106 valence electrons. The summed E-state index contributed by atoms with van der Waals surface area (Å²) in [5.74, 6) is -0.191. The fraction of sp³-hybridized carbons (Fsp3) is 0.111. The van der Waals surface area contributed by atoms with Crippen molar-refractivity contribution in [3.8, 4) is 11.1 Å². The molecule has 0 nitrogen and oxygen atoms in total. The smallest absolute Gasteiger partial charge is 0.123 e. The zero-order valence-corrected chi connectivity index (χ0v) is 14.5. The van der Waals surface area contributed by atoms with E-state index in [1.54, 1.807) is 11.3 Å². The fourth-order valence-electron chi connectivity index (χ4n) is 2.37. The molecule has 3 rings (SSSR count). The first-order valence-corrected chi connectivity index (χ1v) is 8.66. The average Bonchev–Trinajstić information content (AvgIpc) is 2.92. The van der Waals surface area contributed by atoms with Crippen molar-refractivity contribution in [2.24, 2.45) is 0 Å². The van der Waals surface area contributed by atoms with Crippen LogP contribution in [0, 0.1) is 16.3 Å². The molecule has 0 spiro atoms. The van der Waals surface area contributed by atoms with Crippen molar-refractivity contribution >= 4 is 33.9 Å². The van der Waals surface area contributed by atoms with Gasteiger partial charge in [0.1, 0.15) is 5.82 Å². The van der Waals surface area contributed by atoms with Gasteiger partial charge in [-0.1, -0.05) is 18.2 Å². The Balaban J connectivity index is 1.96. The van der Waals surface area contributed by atoms with Gasteiger partial charge in [0, 0.05) is 14.9 Å². The zero-order valence-electron chi connectivity index (χ0n) is 11.6. The molecule has 0 aliphatic rings. The molecule has 3 heteroatoms. The van der Waals surface area contributed by atoms with Crippen LogP contribution in [0.4, 0.5) is 4.39 Å². The third kappa shape index (κ3) is 3.35. The Morgan fingerprint density at radius 1 is 1.05 bits per heavy atom. The maximum atomic E-state index is 13.1. The highest BCUT2D eigenvalue weighted by molar-refractivity contribution is 14.1. The molecule has 0 radical (unpaired) electrons. The molecule has 0 aliphatic heterocycles. The lowest BCUT2D eigenvalue weighted by Crippen LogP contribution is -1.92. The lowest BCUT2D eigenvalue weighted by atomic mass is 10.0. The van der Waals surface area contributed by atoms with Crippen molar-refractivity contribution in [2.75, 3.05) is 0 Å². The summed E-state index contributed by atoms with van der Waals surface area (Å²) in [7, 11) is 0. The van der Waals surface area contributed by atoms with E-state index in [9.17, 15) is 4.39 Å². The molecule has 0 aliphatic carbocycles. The fourth-order valence-corrected chi connectivity index (χ4v) is 3.84. The monoisotopic (exact) mass is 408 g/mol. The minimum Gasteiger partial charge on any atom is -0.207 e. The summed E-state index contributed by atoms with van der Waals surface area (Å²) in [5, 5.41) is 2.11. The number of thiophene rings is 1. The Bertz CT molecular complexity index is 759. The van der Waals surface area contributed by atoms with Crippen LogP contribution < -0.4 is 0 Å². The van der Waals surface area contributed by atoms with Crippen molar-refractivity contribution in [3.63, 3.8) is 0 Å². The molecule has 1 aromatic heterocycles. The van der Waals surface area contributed by atoms with Crippen molar-refractivity contribution in [3.05, 3.63) is 79.3 Å². The van der Waals surface area contributed by atoms with Gasteiger partial charge in [-0.15, -0.1) is 11.3 Å². The van der Waals surface area contributed by atoms with Crippen LogP contribution >= 0.6 is 33.9 Å². The van der Waals surface area contributed by atoms with Crippen LogP contribution in [0.3, 0.4) is 0 Å². The van der Waals surface area contributed by atoms with E-state index in [1.807, 2.05) is 12.1 Å². The van der Waals surface area contributed by atoms with Gasteiger partial charge in [0.15, 0.2) is 0 Å². The van der Waals surface area contributed by atoms with Crippen molar-refractivity contribution in [1.82, 2.24) is 0 Å². The highest BCUT2D eigenvalue weighted by atomic mass is 127. The van der Waals surface area contributed by atoms with Crippen LogP contribution in [0.5, 0.6) is 0 Å². The molecule has 1 heterocycles. The van der Waals surface area contributed by atoms with Gasteiger partial charge in [-0.3, -0.25) is 0 Å². The minimum absolute atomic E-state index is 0.191. The van der Waals surface area contributed by atoms with Crippen LogP contribution in [0.15, 0.2) is 53.9 Å². The predicted octanol–water partition coefficient (Wildman–Crippen LogP) is 6.06. The van der Waals surface area contributed by atoms with Crippen molar-refractivity contribution < 1.29 is 4.39 Å². The SMILES string of the molecule is Cc1ccc(I)cc1Cc1sccc1-c1ccc(F)cc1. The van der Waals surface area contributed by atoms with Gasteiger partial charge in [0.2, 0.25) is 0 Å². The number of hydrogen-bond acceptors (Lipinski definition) is 1. The van der Waals surface area contributed by atoms with Gasteiger partial charge in [-0.25, -0.2) is 4.39 Å². The zero-order chi connectivity index (χ0) is 14.8. The third-order valence-corrected chi connectivity index (χ3v) is 5.15. The van der Waals surface area contributed by atoms with E-state index < -0.39 is 0 Å². The minimum atomic E-state index is -0.191. The van der Waals surface area contributed by atoms with Gasteiger partial charge >= 0.3 is 0 Å². The molecule has 0 atom stereocenters. The third-order valence-electron chi connectivity index (χ3n) is 3.56. The highest BCUT2D eigenvalue weighted by Crippen LogP contribution is 2.31. The first-order chi connectivity index (χ1) is 10.1. The number of benzene rings is 2. The van der Waals surface area contributed by atoms with E-state index in [4.69, 9.17) is 0 Å². The van der Waals surface area contributed by atoms with E-state index in [0.717, 1.165) is 12.0 Å². The summed E-state index contributed by atoms with van der Waals surface area (Å²) in [6.45, 7) is 2.15. The number of halogens is 2. The molecule has 0 fully saturated rings. The van der Waals surface area contributed by atoms with Gasteiger partial charge < -0.3 is 0 Å². The summed E-state index contributed by atoms with van der Waals surface area (Å²) in [4.78, 5) is 1.33. The molecule has 0 unspecified atom stereocenters.